The third-order valence-corrected chi connectivity index (χ3v) is 5.52. The SMILES string of the molecule is CNc1ccccc1C(=O)OCC(=O)N1CC[C@H](C)Sc2ccccc21. The monoisotopic (exact) mass is 370 g/mol. The van der Waals surface area contributed by atoms with Crippen LogP contribution in [0.2, 0.25) is 0 Å². The lowest BCUT2D eigenvalue weighted by Crippen LogP contribution is -2.35. The minimum atomic E-state index is -0.505. The van der Waals surface area contributed by atoms with Crippen LogP contribution in [0.1, 0.15) is 23.7 Å². The molecule has 1 N–H and O–H groups in total. The quantitative estimate of drug-likeness (QED) is 0.830. The number of esters is 1. The standard InChI is InChI=1S/C20H22N2O3S/c1-14-11-12-22(17-9-5-6-10-18(17)26-14)19(23)13-25-20(24)15-7-3-4-8-16(15)21-2/h3-10,14,21H,11-13H2,1-2H3/t14-/m0/s1. The molecule has 3 rings (SSSR count). The molecular weight excluding hydrogens is 348 g/mol. The van der Waals surface area contributed by atoms with Crippen molar-refractivity contribution in [3.8, 4) is 0 Å². The Morgan fingerprint density at radius 2 is 1.92 bits per heavy atom. The van der Waals surface area contributed by atoms with Crippen LogP contribution in [0, 0.1) is 0 Å². The fourth-order valence-electron chi connectivity index (χ4n) is 2.91. The van der Waals surface area contributed by atoms with Crippen LogP contribution >= 0.6 is 11.8 Å². The summed E-state index contributed by atoms with van der Waals surface area (Å²) in [5, 5.41) is 3.38. The third-order valence-electron chi connectivity index (χ3n) is 4.29. The highest BCUT2D eigenvalue weighted by atomic mass is 32.2. The van der Waals surface area contributed by atoms with Gasteiger partial charge in [-0.15, -0.1) is 11.8 Å². The Kier molecular flexibility index (Phi) is 5.83. The zero-order valence-electron chi connectivity index (χ0n) is 14.9. The lowest BCUT2D eigenvalue weighted by molar-refractivity contribution is -0.121. The number of anilines is 2. The molecule has 0 saturated heterocycles. The first kappa shape index (κ1) is 18.3. The molecule has 0 bridgehead atoms. The summed E-state index contributed by atoms with van der Waals surface area (Å²) in [4.78, 5) is 27.9. The Morgan fingerprint density at radius 1 is 1.19 bits per heavy atom. The molecule has 5 nitrogen and oxygen atoms in total. The maximum Gasteiger partial charge on any atom is 0.340 e. The minimum Gasteiger partial charge on any atom is -0.452 e. The van der Waals surface area contributed by atoms with Crippen molar-refractivity contribution in [2.24, 2.45) is 0 Å². The number of hydrogen-bond donors (Lipinski definition) is 1. The number of nitrogens with zero attached hydrogens (tertiary/aromatic N) is 1. The van der Waals surface area contributed by atoms with E-state index in [2.05, 4.69) is 12.2 Å². The molecule has 6 heteroatoms. The number of rotatable bonds is 4. The molecular formula is C20H22N2O3S. The topological polar surface area (TPSA) is 58.6 Å². The molecule has 0 saturated carbocycles. The number of fused-ring (bicyclic) bond motifs is 1. The van der Waals surface area contributed by atoms with Gasteiger partial charge < -0.3 is 15.0 Å². The summed E-state index contributed by atoms with van der Waals surface area (Å²) in [7, 11) is 1.74. The van der Waals surface area contributed by atoms with Gasteiger partial charge in [-0.05, 0) is 30.7 Å². The Bertz CT molecular complexity index is 809. The van der Waals surface area contributed by atoms with Crippen molar-refractivity contribution in [3.63, 3.8) is 0 Å². The fraction of sp³-hybridized carbons (Fsp3) is 0.300. The molecule has 1 atom stereocenters. The van der Waals surface area contributed by atoms with E-state index >= 15 is 0 Å². The summed E-state index contributed by atoms with van der Waals surface area (Å²) in [6, 6.07) is 14.9. The van der Waals surface area contributed by atoms with Gasteiger partial charge in [-0.1, -0.05) is 31.2 Å². The second-order valence-corrected chi connectivity index (χ2v) is 7.58. The predicted molar refractivity (Wildman–Crippen MR) is 105 cm³/mol. The molecule has 0 radical (unpaired) electrons. The largest absolute Gasteiger partial charge is 0.452 e. The Hall–Kier alpha value is -2.47. The van der Waals surface area contributed by atoms with E-state index in [-0.39, 0.29) is 12.5 Å². The molecule has 136 valence electrons. The van der Waals surface area contributed by atoms with E-state index in [0.29, 0.717) is 23.0 Å². The zero-order valence-corrected chi connectivity index (χ0v) is 15.7. The Morgan fingerprint density at radius 3 is 2.73 bits per heavy atom. The first-order valence-corrected chi connectivity index (χ1v) is 9.48. The highest BCUT2D eigenvalue weighted by Gasteiger charge is 2.25. The van der Waals surface area contributed by atoms with Crippen LogP contribution in [0.4, 0.5) is 11.4 Å². The van der Waals surface area contributed by atoms with Crippen molar-refractivity contribution in [3.05, 3.63) is 54.1 Å². The number of carbonyl (C=O) groups is 2. The zero-order chi connectivity index (χ0) is 18.5. The van der Waals surface area contributed by atoms with Crippen molar-refractivity contribution in [1.29, 1.82) is 0 Å². The van der Waals surface area contributed by atoms with E-state index in [1.165, 1.54) is 0 Å². The number of ether oxygens (including phenoxy) is 1. The summed E-state index contributed by atoms with van der Waals surface area (Å²) in [5.74, 6) is -0.711. The maximum absolute atomic E-state index is 12.7. The summed E-state index contributed by atoms with van der Waals surface area (Å²) >= 11 is 1.77. The van der Waals surface area contributed by atoms with Gasteiger partial charge in [0.25, 0.3) is 5.91 Å². The number of amides is 1. The number of carbonyl (C=O) groups excluding carboxylic acids is 2. The highest BCUT2D eigenvalue weighted by Crippen LogP contribution is 2.37. The first-order chi connectivity index (χ1) is 12.6. The number of nitrogens with one attached hydrogen (secondary N) is 1. The van der Waals surface area contributed by atoms with E-state index < -0.39 is 5.97 Å². The minimum absolute atomic E-state index is 0.206. The van der Waals surface area contributed by atoms with Crippen molar-refractivity contribution in [2.45, 2.75) is 23.5 Å². The molecule has 1 amide bonds. The summed E-state index contributed by atoms with van der Waals surface area (Å²) < 4.78 is 5.29. The van der Waals surface area contributed by atoms with Crippen LogP contribution in [-0.2, 0) is 9.53 Å². The number of hydrogen-bond acceptors (Lipinski definition) is 5. The second kappa shape index (κ2) is 8.27. The van der Waals surface area contributed by atoms with Gasteiger partial charge in [0.15, 0.2) is 6.61 Å². The highest BCUT2D eigenvalue weighted by molar-refractivity contribution is 8.00. The van der Waals surface area contributed by atoms with E-state index in [1.807, 2.05) is 30.3 Å². The molecule has 0 aliphatic carbocycles. The molecule has 2 aromatic carbocycles. The molecule has 1 aliphatic rings. The first-order valence-electron chi connectivity index (χ1n) is 8.60. The van der Waals surface area contributed by atoms with Crippen LogP contribution < -0.4 is 10.2 Å². The van der Waals surface area contributed by atoms with Crippen LogP contribution in [0.3, 0.4) is 0 Å². The number of benzene rings is 2. The maximum atomic E-state index is 12.7. The lowest BCUT2D eigenvalue weighted by Gasteiger charge is -2.22. The van der Waals surface area contributed by atoms with Crippen molar-refractivity contribution >= 4 is 35.0 Å². The molecule has 26 heavy (non-hydrogen) atoms. The number of thioether (sulfide) groups is 1. The Labute approximate surface area is 157 Å². The van der Waals surface area contributed by atoms with E-state index in [1.54, 1.807) is 41.9 Å². The van der Waals surface area contributed by atoms with Gasteiger partial charge in [0.1, 0.15) is 0 Å². The number of para-hydroxylation sites is 2. The second-order valence-electron chi connectivity index (χ2n) is 6.10. The normalized spacial score (nSPS) is 16.4. The van der Waals surface area contributed by atoms with Gasteiger partial charge in [-0.25, -0.2) is 4.79 Å². The van der Waals surface area contributed by atoms with Crippen molar-refractivity contribution < 1.29 is 14.3 Å². The van der Waals surface area contributed by atoms with Crippen LogP contribution in [0.25, 0.3) is 0 Å². The van der Waals surface area contributed by atoms with Gasteiger partial charge in [0.05, 0.1) is 11.3 Å². The predicted octanol–water partition coefficient (Wildman–Crippen LogP) is 3.80. The van der Waals surface area contributed by atoms with Crippen LogP contribution in [0.15, 0.2) is 53.4 Å². The molecule has 0 aromatic heterocycles. The average molecular weight is 370 g/mol. The molecule has 1 heterocycles. The van der Waals surface area contributed by atoms with Gasteiger partial charge in [0.2, 0.25) is 0 Å². The fourth-order valence-corrected chi connectivity index (χ4v) is 4.02. The van der Waals surface area contributed by atoms with Gasteiger partial charge in [-0.3, -0.25) is 4.79 Å². The van der Waals surface area contributed by atoms with Gasteiger partial charge >= 0.3 is 5.97 Å². The summed E-state index contributed by atoms with van der Waals surface area (Å²) in [5.41, 5.74) is 1.98. The van der Waals surface area contributed by atoms with Crippen LogP contribution in [-0.4, -0.2) is 37.3 Å². The smallest absolute Gasteiger partial charge is 0.340 e. The summed E-state index contributed by atoms with van der Waals surface area (Å²) in [6.45, 7) is 2.50. The van der Waals surface area contributed by atoms with E-state index in [4.69, 9.17) is 4.74 Å². The third kappa shape index (κ3) is 4.02. The molecule has 2 aromatic rings. The van der Waals surface area contributed by atoms with Gasteiger partial charge in [-0.2, -0.15) is 0 Å². The molecule has 0 spiro atoms. The molecule has 0 unspecified atom stereocenters. The Balaban J connectivity index is 1.71. The van der Waals surface area contributed by atoms with Crippen LogP contribution in [0.5, 0.6) is 0 Å². The molecule has 0 fully saturated rings. The van der Waals surface area contributed by atoms with E-state index in [0.717, 1.165) is 17.0 Å². The average Bonchev–Trinajstić information content (AvgIpc) is 2.84. The van der Waals surface area contributed by atoms with Crippen molar-refractivity contribution in [1.82, 2.24) is 0 Å². The summed E-state index contributed by atoms with van der Waals surface area (Å²) in [6.07, 6.45) is 0.890. The molecule has 1 aliphatic heterocycles. The van der Waals surface area contributed by atoms with Crippen molar-refractivity contribution in [2.75, 3.05) is 30.4 Å². The van der Waals surface area contributed by atoms with E-state index in [9.17, 15) is 9.59 Å². The lowest BCUT2D eigenvalue weighted by atomic mass is 10.2. The van der Waals surface area contributed by atoms with Gasteiger partial charge in [0, 0.05) is 29.4 Å².